The molecule has 1 aromatic rings. The van der Waals surface area contributed by atoms with Crippen molar-refractivity contribution in [2.24, 2.45) is 5.73 Å². The standard InChI is InChI=1S/C14H19N5O2/c1-18-13(20)8-19(14(18)21)11-4-5-12(16-7-11)17-10-3-2-9(15)6-10/h4-5,7,9-10H,2-3,6,8,15H2,1H3,(H,16,17)/t9-,10-/m0/s1. The Morgan fingerprint density at radius 1 is 1.33 bits per heavy atom. The third-order valence-electron chi connectivity index (χ3n) is 4.07. The number of carbonyl (C=O) groups excluding carboxylic acids is 2. The molecular weight excluding hydrogens is 270 g/mol. The molecule has 0 bridgehead atoms. The largest absolute Gasteiger partial charge is 0.367 e. The molecule has 112 valence electrons. The maximum Gasteiger partial charge on any atom is 0.331 e. The number of hydrogen-bond donors (Lipinski definition) is 2. The smallest absolute Gasteiger partial charge is 0.331 e. The minimum Gasteiger partial charge on any atom is -0.367 e. The highest BCUT2D eigenvalue weighted by molar-refractivity contribution is 6.11. The fourth-order valence-corrected chi connectivity index (χ4v) is 2.79. The first kappa shape index (κ1) is 13.8. The molecule has 2 atom stereocenters. The van der Waals surface area contributed by atoms with Gasteiger partial charge in [0.2, 0.25) is 5.91 Å². The van der Waals surface area contributed by atoms with Crippen molar-refractivity contribution in [1.29, 1.82) is 0 Å². The normalized spacial score (nSPS) is 25.8. The van der Waals surface area contributed by atoms with E-state index in [9.17, 15) is 9.59 Å². The summed E-state index contributed by atoms with van der Waals surface area (Å²) in [6.07, 6.45) is 4.65. The summed E-state index contributed by atoms with van der Waals surface area (Å²) in [7, 11) is 1.48. The molecule has 2 heterocycles. The molecule has 2 aliphatic rings. The number of carbonyl (C=O) groups is 2. The van der Waals surface area contributed by atoms with Crippen molar-refractivity contribution >= 4 is 23.4 Å². The average Bonchev–Trinajstić information content (AvgIpc) is 2.99. The molecule has 1 saturated carbocycles. The number of anilines is 2. The van der Waals surface area contributed by atoms with E-state index in [1.54, 1.807) is 12.3 Å². The number of rotatable bonds is 3. The number of pyridine rings is 1. The Bertz CT molecular complexity index is 559. The number of urea groups is 1. The number of hydrogen-bond acceptors (Lipinski definition) is 5. The zero-order valence-electron chi connectivity index (χ0n) is 12.0. The highest BCUT2D eigenvalue weighted by Gasteiger charge is 2.34. The van der Waals surface area contributed by atoms with Crippen LogP contribution in [0.2, 0.25) is 0 Å². The zero-order valence-corrected chi connectivity index (χ0v) is 12.0. The Hall–Kier alpha value is -2.15. The number of aromatic nitrogens is 1. The van der Waals surface area contributed by atoms with Gasteiger partial charge in [-0.25, -0.2) is 9.78 Å². The molecule has 0 radical (unpaired) electrons. The number of amides is 3. The van der Waals surface area contributed by atoms with Crippen LogP contribution in [0, 0.1) is 0 Å². The second kappa shape index (κ2) is 5.33. The van der Waals surface area contributed by atoms with Crippen LogP contribution in [0.4, 0.5) is 16.3 Å². The van der Waals surface area contributed by atoms with Crippen LogP contribution in [-0.4, -0.2) is 47.5 Å². The molecule has 2 fully saturated rings. The molecular formula is C14H19N5O2. The summed E-state index contributed by atoms with van der Waals surface area (Å²) in [5.74, 6) is 0.561. The van der Waals surface area contributed by atoms with Crippen LogP contribution in [0.25, 0.3) is 0 Å². The van der Waals surface area contributed by atoms with E-state index in [2.05, 4.69) is 10.3 Å². The van der Waals surface area contributed by atoms with E-state index in [0.717, 1.165) is 30.0 Å². The van der Waals surface area contributed by atoms with E-state index >= 15 is 0 Å². The van der Waals surface area contributed by atoms with Gasteiger partial charge < -0.3 is 11.1 Å². The zero-order chi connectivity index (χ0) is 15.0. The quantitative estimate of drug-likeness (QED) is 0.802. The minimum absolute atomic E-state index is 0.0707. The van der Waals surface area contributed by atoms with E-state index in [1.165, 1.54) is 11.9 Å². The molecule has 0 unspecified atom stereocenters. The lowest BCUT2D eigenvalue weighted by Crippen LogP contribution is -2.29. The lowest BCUT2D eigenvalue weighted by atomic mass is 10.2. The third-order valence-corrected chi connectivity index (χ3v) is 4.07. The maximum atomic E-state index is 11.9. The molecule has 0 aromatic carbocycles. The van der Waals surface area contributed by atoms with E-state index in [-0.39, 0.29) is 24.5 Å². The summed E-state index contributed by atoms with van der Waals surface area (Å²) < 4.78 is 0. The van der Waals surface area contributed by atoms with Gasteiger partial charge in [-0.2, -0.15) is 0 Å². The molecule has 1 aromatic heterocycles. The van der Waals surface area contributed by atoms with Crippen molar-refractivity contribution in [1.82, 2.24) is 9.88 Å². The van der Waals surface area contributed by atoms with Gasteiger partial charge in [-0.3, -0.25) is 14.6 Å². The third kappa shape index (κ3) is 2.69. The molecule has 7 nitrogen and oxygen atoms in total. The molecule has 1 aliphatic carbocycles. The van der Waals surface area contributed by atoms with Gasteiger partial charge in [-0.05, 0) is 31.4 Å². The summed E-state index contributed by atoms with van der Waals surface area (Å²) in [6.45, 7) is 0.0707. The van der Waals surface area contributed by atoms with Crippen molar-refractivity contribution < 1.29 is 9.59 Å². The Kier molecular flexibility index (Phi) is 3.50. The number of nitrogens with one attached hydrogen (secondary N) is 1. The van der Waals surface area contributed by atoms with Crippen LogP contribution in [0.5, 0.6) is 0 Å². The second-order valence-electron chi connectivity index (χ2n) is 5.64. The molecule has 21 heavy (non-hydrogen) atoms. The second-order valence-corrected chi connectivity index (χ2v) is 5.64. The lowest BCUT2D eigenvalue weighted by Gasteiger charge is -2.16. The van der Waals surface area contributed by atoms with Crippen LogP contribution in [0.1, 0.15) is 19.3 Å². The Morgan fingerprint density at radius 2 is 2.14 bits per heavy atom. The molecule has 3 N–H and O–H groups in total. The highest BCUT2D eigenvalue weighted by Crippen LogP contribution is 2.23. The summed E-state index contributed by atoms with van der Waals surface area (Å²) >= 11 is 0. The van der Waals surface area contributed by atoms with Gasteiger partial charge in [-0.1, -0.05) is 0 Å². The van der Waals surface area contributed by atoms with Crippen molar-refractivity contribution in [3.8, 4) is 0 Å². The predicted octanol–water partition coefficient (Wildman–Crippen LogP) is 0.772. The summed E-state index contributed by atoms with van der Waals surface area (Å²) in [5.41, 5.74) is 6.52. The number of nitrogens with two attached hydrogens (primary N) is 1. The first-order chi connectivity index (χ1) is 10.0. The monoisotopic (exact) mass is 289 g/mol. The number of nitrogens with zero attached hydrogens (tertiary/aromatic N) is 3. The van der Waals surface area contributed by atoms with Gasteiger partial charge in [0.1, 0.15) is 12.4 Å². The van der Waals surface area contributed by atoms with Crippen LogP contribution >= 0.6 is 0 Å². The van der Waals surface area contributed by atoms with Gasteiger partial charge in [0.25, 0.3) is 0 Å². The predicted molar refractivity (Wildman–Crippen MR) is 79.0 cm³/mol. The molecule has 3 amide bonds. The summed E-state index contributed by atoms with van der Waals surface area (Å²) in [5, 5.41) is 3.35. The van der Waals surface area contributed by atoms with Crippen molar-refractivity contribution in [3.63, 3.8) is 0 Å². The van der Waals surface area contributed by atoms with E-state index in [1.807, 2.05) is 6.07 Å². The van der Waals surface area contributed by atoms with E-state index in [4.69, 9.17) is 5.73 Å². The van der Waals surface area contributed by atoms with Gasteiger partial charge >= 0.3 is 6.03 Å². The molecule has 7 heteroatoms. The Labute approximate surface area is 123 Å². The van der Waals surface area contributed by atoms with Crippen LogP contribution < -0.4 is 16.0 Å². The first-order valence-corrected chi connectivity index (χ1v) is 7.11. The Morgan fingerprint density at radius 3 is 2.67 bits per heavy atom. The van der Waals surface area contributed by atoms with Gasteiger partial charge in [-0.15, -0.1) is 0 Å². The molecule has 1 aliphatic heterocycles. The van der Waals surface area contributed by atoms with Gasteiger partial charge in [0.15, 0.2) is 0 Å². The van der Waals surface area contributed by atoms with E-state index < -0.39 is 0 Å². The SMILES string of the molecule is CN1C(=O)CN(c2ccc(N[C@H]3CC[C@H](N)C3)nc2)C1=O. The first-order valence-electron chi connectivity index (χ1n) is 7.11. The molecule has 0 spiro atoms. The van der Waals surface area contributed by atoms with Crippen molar-refractivity contribution in [3.05, 3.63) is 18.3 Å². The van der Waals surface area contributed by atoms with Crippen molar-refractivity contribution in [2.75, 3.05) is 23.8 Å². The van der Waals surface area contributed by atoms with Gasteiger partial charge in [0, 0.05) is 19.1 Å². The maximum absolute atomic E-state index is 11.9. The van der Waals surface area contributed by atoms with Crippen LogP contribution in [0.15, 0.2) is 18.3 Å². The summed E-state index contributed by atoms with van der Waals surface area (Å²) in [6, 6.07) is 3.94. The highest BCUT2D eigenvalue weighted by atomic mass is 16.2. The average molecular weight is 289 g/mol. The number of likely N-dealkylation sites (N-methyl/N-ethyl adjacent to an activating group) is 1. The minimum atomic E-state index is -0.315. The fourth-order valence-electron chi connectivity index (χ4n) is 2.79. The summed E-state index contributed by atoms with van der Waals surface area (Å²) in [4.78, 5) is 30.3. The number of imide groups is 1. The fraction of sp³-hybridized carbons (Fsp3) is 0.500. The lowest BCUT2D eigenvalue weighted by molar-refractivity contribution is -0.123. The van der Waals surface area contributed by atoms with Crippen LogP contribution in [-0.2, 0) is 4.79 Å². The molecule has 3 rings (SSSR count). The van der Waals surface area contributed by atoms with Crippen LogP contribution in [0.3, 0.4) is 0 Å². The van der Waals surface area contributed by atoms with Crippen molar-refractivity contribution in [2.45, 2.75) is 31.3 Å². The molecule has 1 saturated heterocycles. The van der Waals surface area contributed by atoms with Gasteiger partial charge in [0.05, 0.1) is 11.9 Å². The van der Waals surface area contributed by atoms with E-state index in [0.29, 0.717) is 11.7 Å². The topological polar surface area (TPSA) is 91.6 Å². The Balaban J connectivity index is 1.67.